The van der Waals surface area contributed by atoms with Gasteiger partial charge in [-0.3, -0.25) is 0 Å². The van der Waals surface area contributed by atoms with Gasteiger partial charge >= 0.3 is 0 Å². The average molecular weight is 450 g/mol. The number of hydrogen-bond acceptors (Lipinski definition) is 8. The molecule has 2 aromatic rings. The summed E-state index contributed by atoms with van der Waals surface area (Å²) in [7, 11) is -3.66. The van der Waals surface area contributed by atoms with Gasteiger partial charge < -0.3 is 18.7 Å². The average Bonchev–Trinajstić information content (AvgIpc) is 3.51. The molecule has 1 atom stereocenters. The first-order chi connectivity index (χ1) is 15.1. The Bertz CT molecular complexity index is 1020. The minimum absolute atomic E-state index is 0.116. The molecule has 1 saturated carbocycles. The molecule has 9 nitrogen and oxygen atoms in total. The number of rotatable bonds is 8. The molecule has 168 valence electrons. The summed E-state index contributed by atoms with van der Waals surface area (Å²) in [5.41, 5.74) is 0. The van der Waals surface area contributed by atoms with Gasteiger partial charge in [0, 0.05) is 32.2 Å². The highest BCUT2D eigenvalue weighted by Crippen LogP contribution is 2.35. The van der Waals surface area contributed by atoms with Crippen molar-refractivity contribution in [2.24, 2.45) is 5.92 Å². The van der Waals surface area contributed by atoms with E-state index in [2.05, 4.69) is 10.1 Å². The molecule has 1 unspecified atom stereocenters. The molecule has 2 fully saturated rings. The van der Waals surface area contributed by atoms with Gasteiger partial charge in [-0.05, 0) is 43.7 Å². The van der Waals surface area contributed by atoms with Crippen LogP contribution in [0.1, 0.15) is 43.3 Å². The number of nitrogens with zero attached hydrogens (tertiary/aromatic N) is 3. The Morgan fingerprint density at radius 2 is 1.97 bits per heavy atom. The van der Waals surface area contributed by atoms with Crippen LogP contribution in [-0.4, -0.2) is 62.4 Å². The minimum atomic E-state index is -3.66. The molecular weight excluding hydrogens is 422 g/mol. The molecular formula is C21H27N3O6S. The van der Waals surface area contributed by atoms with E-state index < -0.39 is 10.0 Å². The molecule has 3 heterocycles. The Kier molecular flexibility index (Phi) is 5.85. The summed E-state index contributed by atoms with van der Waals surface area (Å²) in [5.74, 6) is 2.75. The number of piperidine rings is 1. The summed E-state index contributed by atoms with van der Waals surface area (Å²) in [6.07, 6.45) is 4.67. The van der Waals surface area contributed by atoms with Crippen molar-refractivity contribution in [3.05, 3.63) is 29.9 Å². The van der Waals surface area contributed by atoms with E-state index in [-0.39, 0.29) is 10.8 Å². The van der Waals surface area contributed by atoms with Crippen LogP contribution in [0, 0.1) is 5.92 Å². The van der Waals surface area contributed by atoms with Gasteiger partial charge in [-0.2, -0.15) is 9.29 Å². The van der Waals surface area contributed by atoms with Crippen molar-refractivity contribution in [1.29, 1.82) is 0 Å². The smallest absolute Gasteiger partial charge is 0.243 e. The first-order valence-electron chi connectivity index (χ1n) is 10.9. The lowest BCUT2D eigenvalue weighted by Crippen LogP contribution is -2.39. The summed E-state index contributed by atoms with van der Waals surface area (Å²) < 4.78 is 50.1. The molecule has 1 saturated heterocycles. The van der Waals surface area contributed by atoms with E-state index in [0.29, 0.717) is 62.5 Å². The fraction of sp³-hybridized carbons (Fsp3) is 0.619. The zero-order chi connectivity index (χ0) is 21.3. The highest BCUT2D eigenvalue weighted by molar-refractivity contribution is 7.89. The lowest BCUT2D eigenvalue weighted by Gasteiger charge is -2.30. The topological polar surface area (TPSA) is 104 Å². The second kappa shape index (κ2) is 8.76. The van der Waals surface area contributed by atoms with E-state index in [1.807, 2.05) is 0 Å². The van der Waals surface area contributed by atoms with E-state index in [0.717, 1.165) is 25.4 Å². The summed E-state index contributed by atoms with van der Waals surface area (Å²) in [6.45, 7) is 3.03. The molecule has 31 heavy (non-hydrogen) atoms. The Hall–Kier alpha value is -2.17. The Morgan fingerprint density at radius 3 is 2.81 bits per heavy atom. The van der Waals surface area contributed by atoms with Crippen LogP contribution in [0.2, 0.25) is 0 Å². The summed E-state index contributed by atoms with van der Waals surface area (Å²) in [6, 6.07) is 4.76. The molecule has 1 aromatic heterocycles. The predicted octanol–water partition coefficient (Wildman–Crippen LogP) is 2.38. The summed E-state index contributed by atoms with van der Waals surface area (Å²) in [5, 5.41) is 4.05. The Balaban J connectivity index is 1.23. The third kappa shape index (κ3) is 4.70. The maximum absolute atomic E-state index is 13.2. The van der Waals surface area contributed by atoms with E-state index in [4.69, 9.17) is 18.7 Å². The molecule has 1 aliphatic carbocycles. The van der Waals surface area contributed by atoms with Crippen LogP contribution in [0.25, 0.3) is 0 Å². The van der Waals surface area contributed by atoms with E-state index in [1.165, 1.54) is 17.1 Å². The summed E-state index contributed by atoms with van der Waals surface area (Å²) in [4.78, 5) is 4.70. The van der Waals surface area contributed by atoms with Crippen molar-refractivity contribution in [3.8, 4) is 11.5 Å². The lowest BCUT2D eigenvalue weighted by molar-refractivity contribution is 0.125. The molecule has 0 spiro atoms. The van der Waals surface area contributed by atoms with E-state index in [9.17, 15) is 8.42 Å². The maximum atomic E-state index is 13.2. The number of sulfonamides is 1. The molecule has 0 bridgehead atoms. The largest absolute Gasteiger partial charge is 0.486 e. The zero-order valence-corrected chi connectivity index (χ0v) is 18.2. The number of fused-ring (bicyclic) bond motifs is 1. The first kappa shape index (κ1) is 20.7. The SMILES string of the molecule is O=S(=O)(c1ccc2c(c1)OCCO2)N1CCCC(c2nc(CCOCC3CC3)no2)C1. The second-order valence-electron chi connectivity index (χ2n) is 8.32. The lowest BCUT2D eigenvalue weighted by atomic mass is 10.00. The van der Waals surface area contributed by atoms with Crippen LogP contribution in [-0.2, 0) is 21.2 Å². The number of aromatic nitrogens is 2. The predicted molar refractivity (Wildman–Crippen MR) is 110 cm³/mol. The van der Waals surface area contributed by atoms with Crippen LogP contribution >= 0.6 is 0 Å². The van der Waals surface area contributed by atoms with Gasteiger partial charge in [0.25, 0.3) is 0 Å². The van der Waals surface area contributed by atoms with Gasteiger partial charge in [-0.15, -0.1) is 0 Å². The van der Waals surface area contributed by atoms with Gasteiger partial charge in [0.05, 0.1) is 17.4 Å². The van der Waals surface area contributed by atoms with Gasteiger partial charge in [0.1, 0.15) is 13.2 Å². The van der Waals surface area contributed by atoms with Crippen LogP contribution in [0.4, 0.5) is 0 Å². The highest BCUT2D eigenvalue weighted by Gasteiger charge is 2.34. The van der Waals surface area contributed by atoms with Gasteiger partial charge in [0.2, 0.25) is 15.9 Å². The zero-order valence-electron chi connectivity index (χ0n) is 17.4. The van der Waals surface area contributed by atoms with Crippen LogP contribution in [0.15, 0.2) is 27.6 Å². The van der Waals surface area contributed by atoms with E-state index >= 15 is 0 Å². The maximum Gasteiger partial charge on any atom is 0.243 e. The van der Waals surface area contributed by atoms with Crippen molar-refractivity contribution in [1.82, 2.24) is 14.4 Å². The van der Waals surface area contributed by atoms with Gasteiger partial charge in [-0.1, -0.05) is 5.16 Å². The quantitative estimate of drug-likeness (QED) is 0.566. The van der Waals surface area contributed by atoms with Crippen LogP contribution < -0.4 is 9.47 Å². The van der Waals surface area contributed by atoms with Crippen molar-refractivity contribution < 1.29 is 27.2 Å². The molecule has 5 rings (SSSR count). The monoisotopic (exact) mass is 449 g/mol. The van der Waals surface area contributed by atoms with Gasteiger partial charge in [0.15, 0.2) is 17.3 Å². The molecule has 0 amide bonds. The standard InChI is InChI=1S/C21H27N3O6S/c25-31(26,17-5-6-18-19(12-17)29-11-10-28-18)24-8-1-2-16(13-24)21-22-20(23-30-21)7-9-27-14-15-3-4-15/h5-6,12,15-16H,1-4,7-11,13-14H2. The summed E-state index contributed by atoms with van der Waals surface area (Å²) >= 11 is 0. The number of ether oxygens (including phenoxy) is 3. The molecule has 0 radical (unpaired) electrons. The Labute approximate surface area is 181 Å². The molecule has 2 aliphatic heterocycles. The second-order valence-corrected chi connectivity index (χ2v) is 10.3. The van der Waals surface area contributed by atoms with Crippen LogP contribution in [0.3, 0.4) is 0 Å². The van der Waals surface area contributed by atoms with Crippen molar-refractivity contribution in [2.45, 2.75) is 42.9 Å². The Morgan fingerprint density at radius 1 is 1.13 bits per heavy atom. The third-order valence-electron chi connectivity index (χ3n) is 5.89. The fourth-order valence-corrected chi connectivity index (χ4v) is 5.47. The van der Waals surface area contributed by atoms with Crippen molar-refractivity contribution in [3.63, 3.8) is 0 Å². The van der Waals surface area contributed by atoms with Crippen molar-refractivity contribution in [2.75, 3.05) is 39.5 Å². The molecule has 0 N–H and O–H groups in total. The third-order valence-corrected chi connectivity index (χ3v) is 7.75. The molecule has 3 aliphatic rings. The van der Waals surface area contributed by atoms with Crippen molar-refractivity contribution >= 4 is 10.0 Å². The highest BCUT2D eigenvalue weighted by atomic mass is 32.2. The van der Waals surface area contributed by atoms with E-state index in [1.54, 1.807) is 18.2 Å². The first-order valence-corrected chi connectivity index (χ1v) is 12.3. The number of hydrogen-bond donors (Lipinski definition) is 0. The normalized spacial score (nSPS) is 21.9. The fourth-order valence-electron chi connectivity index (χ4n) is 3.93. The number of benzene rings is 1. The van der Waals surface area contributed by atoms with Gasteiger partial charge in [-0.25, -0.2) is 8.42 Å². The van der Waals surface area contributed by atoms with Crippen LogP contribution in [0.5, 0.6) is 11.5 Å². The molecule has 10 heteroatoms. The molecule has 1 aromatic carbocycles. The minimum Gasteiger partial charge on any atom is -0.486 e.